The van der Waals surface area contributed by atoms with E-state index in [0.717, 1.165) is 0 Å². The van der Waals surface area contributed by atoms with E-state index in [1.54, 1.807) is 36.4 Å². The van der Waals surface area contributed by atoms with Gasteiger partial charge in [-0.2, -0.15) is 15.5 Å². The van der Waals surface area contributed by atoms with Gasteiger partial charge in [0.15, 0.2) is 0 Å². The van der Waals surface area contributed by atoms with E-state index in [0.29, 0.717) is 28.2 Å². The summed E-state index contributed by atoms with van der Waals surface area (Å²) in [6, 6.07) is 15.4. The standard InChI is InChI=1S/C22H18N6/c1-15-12-18(4-3-10-23)13-16(2)21(15)27-20-9-11-25-22(28-20)26-19-7-5-17(14-24)6-8-19/h3-9,11-13H,1-2H3,(H2,25,26,27,28)/b4-3+/i1D,2D3. The van der Waals surface area contributed by atoms with Crippen molar-refractivity contribution in [3.8, 4) is 12.1 Å². The van der Waals surface area contributed by atoms with Crippen LogP contribution in [-0.2, 0) is 0 Å². The van der Waals surface area contributed by atoms with Gasteiger partial charge < -0.3 is 10.6 Å². The minimum atomic E-state index is -2.45. The number of nitriles is 2. The lowest BCUT2D eigenvalue weighted by molar-refractivity contribution is 1.16. The van der Waals surface area contributed by atoms with Crippen molar-refractivity contribution in [3.63, 3.8) is 0 Å². The lowest BCUT2D eigenvalue weighted by Crippen LogP contribution is -2.02. The lowest BCUT2D eigenvalue weighted by atomic mass is 10.0. The summed E-state index contributed by atoms with van der Waals surface area (Å²) in [6.45, 7) is -2.61. The maximum atomic E-state index is 8.90. The molecule has 0 aliphatic carbocycles. The third-order valence-corrected chi connectivity index (χ3v) is 3.77. The van der Waals surface area contributed by atoms with Crippen LogP contribution < -0.4 is 10.6 Å². The number of hydrogen-bond acceptors (Lipinski definition) is 6. The first-order chi connectivity index (χ1) is 15.3. The van der Waals surface area contributed by atoms with Gasteiger partial charge >= 0.3 is 0 Å². The average molecular weight is 370 g/mol. The van der Waals surface area contributed by atoms with E-state index in [1.165, 1.54) is 24.4 Å². The first-order valence-electron chi connectivity index (χ1n) is 10.4. The molecule has 0 unspecified atom stereocenters. The van der Waals surface area contributed by atoms with Crippen LogP contribution in [-0.4, -0.2) is 9.97 Å². The summed E-state index contributed by atoms with van der Waals surface area (Å²) >= 11 is 0. The Morgan fingerprint density at radius 2 is 1.89 bits per heavy atom. The van der Waals surface area contributed by atoms with E-state index in [4.69, 9.17) is 16.0 Å². The van der Waals surface area contributed by atoms with E-state index in [9.17, 15) is 0 Å². The molecule has 0 atom stereocenters. The van der Waals surface area contributed by atoms with Crippen molar-refractivity contribution in [1.29, 1.82) is 10.5 Å². The Balaban J connectivity index is 1.95. The molecule has 2 aromatic carbocycles. The zero-order chi connectivity index (χ0) is 23.1. The number of benzene rings is 2. The van der Waals surface area contributed by atoms with Crippen molar-refractivity contribution in [1.82, 2.24) is 9.97 Å². The van der Waals surface area contributed by atoms with Gasteiger partial charge in [-0.05, 0) is 79.0 Å². The molecule has 0 aliphatic rings. The zero-order valence-electron chi connectivity index (χ0n) is 18.8. The molecule has 0 fully saturated rings. The van der Waals surface area contributed by atoms with Crippen LogP contribution in [0, 0.1) is 36.4 Å². The Labute approximate surface area is 169 Å². The van der Waals surface area contributed by atoms with E-state index in [-0.39, 0.29) is 24.1 Å². The molecule has 3 rings (SSSR count). The molecule has 1 aromatic heterocycles. The molecule has 28 heavy (non-hydrogen) atoms. The fourth-order valence-electron chi connectivity index (χ4n) is 2.48. The number of allylic oxidation sites excluding steroid dienone is 1. The molecule has 0 amide bonds. The summed E-state index contributed by atoms with van der Waals surface area (Å²) in [6.07, 6.45) is 4.27. The third kappa shape index (κ3) is 4.51. The van der Waals surface area contributed by atoms with Crippen LogP contribution in [0.3, 0.4) is 0 Å². The van der Waals surface area contributed by atoms with Crippen molar-refractivity contribution >= 4 is 29.2 Å². The SMILES string of the molecule is [2H]Cc1cc(/C=C/C#N)cc(C([2H])([2H])[2H])c1Nc1ccnc(Nc2ccc(C#N)cc2)n1. The highest BCUT2D eigenvalue weighted by atomic mass is 15.1. The van der Waals surface area contributed by atoms with E-state index in [2.05, 4.69) is 20.6 Å². The Kier molecular flexibility index (Phi) is 4.23. The maximum Gasteiger partial charge on any atom is 0.229 e. The third-order valence-electron chi connectivity index (χ3n) is 3.77. The minimum absolute atomic E-state index is 0.0278. The Morgan fingerprint density at radius 1 is 1.07 bits per heavy atom. The van der Waals surface area contributed by atoms with Crippen molar-refractivity contribution in [2.45, 2.75) is 13.8 Å². The van der Waals surface area contributed by atoms with Crippen molar-refractivity contribution in [2.75, 3.05) is 10.6 Å². The fourth-order valence-corrected chi connectivity index (χ4v) is 2.48. The molecule has 0 radical (unpaired) electrons. The van der Waals surface area contributed by atoms with Gasteiger partial charge in [-0.3, -0.25) is 0 Å². The summed E-state index contributed by atoms with van der Waals surface area (Å²) in [5.41, 5.74) is 2.50. The molecule has 0 spiro atoms. The van der Waals surface area contributed by atoms with Crippen LogP contribution >= 0.6 is 0 Å². The zero-order valence-corrected chi connectivity index (χ0v) is 14.8. The topological polar surface area (TPSA) is 97.4 Å². The van der Waals surface area contributed by atoms with Crippen LogP contribution in [0.25, 0.3) is 6.08 Å². The first-order valence-corrected chi connectivity index (χ1v) is 8.24. The number of nitrogens with zero attached hydrogens (tertiary/aromatic N) is 4. The van der Waals surface area contributed by atoms with Gasteiger partial charge in [-0.1, -0.05) is 0 Å². The number of aromatic nitrogens is 2. The quantitative estimate of drug-likeness (QED) is 0.614. The molecule has 6 heteroatoms. The van der Waals surface area contributed by atoms with Gasteiger partial charge in [0.2, 0.25) is 5.95 Å². The van der Waals surface area contributed by atoms with Gasteiger partial charge in [0.05, 0.1) is 17.7 Å². The summed E-state index contributed by atoms with van der Waals surface area (Å²) < 4.78 is 31.6. The average Bonchev–Trinajstić information content (AvgIpc) is 2.78. The highest BCUT2D eigenvalue weighted by molar-refractivity contribution is 5.69. The van der Waals surface area contributed by atoms with Crippen LogP contribution in [0.5, 0.6) is 0 Å². The van der Waals surface area contributed by atoms with Gasteiger partial charge in [0.1, 0.15) is 5.82 Å². The second-order valence-electron chi connectivity index (χ2n) is 5.77. The monoisotopic (exact) mass is 370 g/mol. The first kappa shape index (κ1) is 14.0. The molecule has 1 heterocycles. The van der Waals surface area contributed by atoms with Crippen LogP contribution in [0.15, 0.2) is 54.7 Å². The second-order valence-corrected chi connectivity index (χ2v) is 5.77. The predicted octanol–water partition coefficient (Wildman–Crippen LogP) is 4.99. The fraction of sp³-hybridized carbons (Fsp3) is 0.0909. The molecule has 0 aliphatic heterocycles. The summed E-state index contributed by atoms with van der Waals surface area (Å²) in [4.78, 5) is 8.54. The molecule has 136 valence electrons. The van der Waals surface area contributed by atoms with Gasteiger partial charge in [-0.25, -0.2) is 4.98 Å². The van der Waals surface area contributed by atoms with E-state index >= 15 is 0 Å². The Bertz CT molecular complexity index is 1220. The smallest absolute Gasteiger partial charge is 0.229 e. The molecule has 6 nitrogen and oxygen atoms in total. The highest BCUT2D eigenvalue weighted by Gasteiger charge is 2.07. The van der Waals surface area contributed by atoms with Crippen molar-refractivity contribution in [2.24, 2.45) is 0 Å². The summed E-state index contributed by atoms with van der Waals surface area (Å²) in [5, 5.41) is 23.7. The number of rotatable bonds is 5. The van der Waals surface area contributed by atoms with E-state index in [1.807, 2.05) is 12.1 Å². The molecular weight excluding hydrogens is 348 g/mol. The lowest BCUT2D eigenvalue weighted by Gasteiger charge is -2.14. The normalized spacial score (nSPS) is 12.8. The number of anilines is 4. The Hall–Kier alpha value is -4.16. The predicted molar refractivity (Wildman–Crippen MR) is 110 cm³/mol. The number of nitrogens with one attached hydrogen (secondary N) is 2. The number of aryl methyl sites for hydroxylation is 2. The minimum Gasteiger partial charge on any atom is -0.340 e. The van der Waals surface area contributed by atoms with Crippen molar-refractivity contribution < 1.29 is 5.48 Å². The molecule has 2 N–H and O–H groups in total. The molecule has 3 aromatic rings. The summed E-state index contributed by atoms with van der Waals surface area (Å²) in [5.74, 6) is 0.618. The Morgan fingerprint density at radius 3 is 2.61 bits per heavy atom. The molecular formula is C22H18N6. The largest absolute Gasteiger partial charge is 0.340 e. The second kappa shape index (κ2) is 8.48. The van der Waals surface area contributed by atoms with Crippen LogP contribution in [0.4, 0.5) is 23.1 Å². The molecule has 0 bridgehead atoms. The molecule has 0 saturated carbocycles. The maximum absolute atomic E-state index is 8.90. The van der Waals surface area contributed by atoms with Crippen LogP contribution in [0.1, 0.15) is 27.7 Å². The summed E-state index contributed by atoms with van der Waals surface area (Å²) in [7, 11) is 0. The van der Waals surface area contributed by atoms with Gasteiger partial charge in [0, 0.05) is 29.1 Å². The number of hydrogen-bond donors (Lipinski definition) is 2. The van der Waals surface area contributed by atoms with Gasteiger partial charge in [-0.15, -0.1) is 0 Å². The highest BCUT2D eigenvalue weighted by Crippen LogP contribution is 2.26. The van der Waals surface area contributed by atoms with Crippen LogP contribution in [0.2, 0.25) is 0 Å². The van der Waals surface area contributed by atoms with Crippen molar-refractivity contribution in [3.05, 3.63) is 77.0 Å². The molecule has 0 saturated heterocycles. The van der Waals surface area contributed by atoms with Gasteiger partial charge in [0.25, 0.3) is 0 Å². The van der Waals surface area contributed by atoms with E-state index < -0.39 is 6.85 Å².